The van der Waals surface area contributed by atoms with Crippen molar-refractivity contribution in [2.75, 3.05) is 25.4 Å². The zero-order valence-corrected chi connectivity index (χ0v) is 6.97. The molecule has 0 aliphatic carbocycles. The van der Waals surface area contributed by atoms with Crippen LogP contribution >= 0.6 is 12.6 Å². The van der Waals surface area contributed by atoms with Crippen molar-refractivity contribution in [3.8, 4) is 0 Å². The molecule has 0 spiro atoms. The van der Waals surface area contributed by atoms with Crippen LogP contribution in [-0.2, 0) is 4.79 Å². The minimum absolute atomic E-state index is 0.0212. The van der Waals surface area contributed by atoms with Gasteiger partial charge in [0.2, 0.25) is 5.91 Å². The van der Waals surface area contributed by atoms with E-state index in [-0.39, 0.29) is 18.3 Å². The summed E-state index contributed by atoms with van der Waals surface area (Å²) in [6, 6.07) is 0. The quantitative estimate of drug-likeness (QED) is 0.561. The third-order valence-corrected chi connectivity index (χ3v) is 1.51. The van der Waals surface area contributed by atoms with Crippen molar-refractivity contribution in [3.63, 3.8) is 0 Å². The smallest absolute Gasteiger partial charge is 0.232 e. The fraction of sp³-hybridized carbons (Fsp3) is 0.833. The molecule has 0 unspecified atom stereocenters. The highest BCUT2D eigenvalue weighted by molar-refractivity contribution is 7.81. The average molecular weight is 163 g/mol. The van der Waals surface area contributed by atoms with E-state index in [2.05, 4.69) is 12.6 Å². The van der Waals surface area contributed by atoms with Crippen LogP contribution in [0.4, 0.5) is 0 Å². The molecule has 0 atom stereocenters. The first-order chi connectivity index (χ1) is 4.76. The number of aliphatic hydroxyl groups excluding tert-OH is 1. The van der Waals surface area contributed by atoms with Gasteiger partial charge in [0, 0.05) is 13.1 Å². The molecule has 0 fully saturated rings. The Balaban J connectivity index is 3.68. The number of nitrogens with zero attached hydrogens (tertiary/aromatic N) is 1. The fourth-order valence-corrected chi connectivity index (χ4v) is 0.880. The first kappa shape index (κ1) is 9.78. The molecule has 0 heterocycles. The molecule has 0 rings (SSSR count). The molecular weight excluding hydrogens is 150 g/mol. The molecule has 1 N–H and O–H groups in total. The first-order valence-electron chi connectivity index (χ1n) is 3.25. The molecular formula is C6H13NO2S. The molecule has 0 aliphatic rings. The molecule has 0 aromatic rings. The van der Waals surface area contributed by atoms with Gasteiger partial charge in [-0.3, -0.25) is 4.79 Å². The molecule has 0 saturated heterocycles. The van der Waals surface area contributed by atoms with Crippen molar-refractivity contribution >= 4 is 18.5 Å². The van der Waals surface area contributed by atoms with Gasteiger partial charge >= 0.3 is 0 Å². The average Bonchev–Trinajstić information content (AvgIpc) is 1.99. The molecule has 1 amide bonds. The Kier molecular flexibility index (Phi) is 5.43. The lowest BCUT2D eigenvalue weighted by Gasteiger charge is -2.17. The van der Waals surface area contributed by atoms with Gasteiger partial charge in [0.1, 0.15) is 0 Å². The third-order valence-electron chi connectivity index (χ3n) is 1.24. The highest BCUT2D eigenvalue weighted by Gasteiger charge is 2.06. The highest BCUT2D eigenvalue weighted by atomic mass is 32.1. The molecule has 0 aliphatic heterocycles. The lowest BCUT2D eigenvalue weighted by molar-refractivity contribution is -0.128. The largest absolute Gasteiger partial charge is 0.395 e. The maximum atomic E-state index is 10.9. The number of likely N-dealkylation sites (N-methyl/N-ethyl adjacent to an activating group) is 1. The number of aliphatic hydroxyl groups is 1. The van der Waals surface area contributed by atoms with Gasteiger partial charge in [0.15, 0.2) is 0 Å². The molecule has 0 aromatic carbocycles. The number of hydrogen-bond donors (Lipinski definition) is 2. The van der Waals surface area contributed by atoms with E-state index < -0.39 is 0 Å². The Morgan fingerprint density at radius 1 is 1.70 bits per heavy atom. The maximum Gasteiger partial charge on any atom is 0.232 e. The van der Waals surface area contributed by atoms with Crippen LogP contribution in [0.1, 0.15) is 6.92 Å². The van der Waals surface area contributed by atoms with Crippen molar-refractivity contribution < 1.29 is 9.90 Å². The normalized spacial score (nSPS) is 9.50. The van der Waals surface area contributed by atoms with Crippen molar-refractivity contribution in [1.82, 2.24) is 4.90 Å². The number of hydrogen-bond acceptors (Lipinski definition) is 3. The van der Waals surface area contributed by atoms with Crippen molar-refractivity contribution in [1.29, 1.82) is 0 Å². The predicted molar refractivity (Wildman–Crippen MR) is 43.2 cm³/mol. The summed E-state index contributed by atoms with van der Waals surface area (Å²) < 4.78 is 0. The number of carbonyl (C=O) groups is 1. The van der Waals surface area contributed by atoms with Crippen LogP contribution in [0.15, 0.2) is 0 Å². The van der Waals surface area contributed by atoms with Crippen LogP contribution in [0.25, 0.3) is 0 Å². The predicted octanol–water partition coefficient (Wildman–Crippen LogP) is -0.243. The summed E-state index contributed by atoms with van der Waals surface area (Å²) in [5, 5.41) is 8.49. The minimum atomic E-state index is -0.0279. The molecule has 4 heteroatoms. The van der Waals surface area contributed by atoms with Crippen LogP contribution in [0.3, 0.4) is 0 Å². The molecule has 0 radical (unpaired) electrons. The van der Waals surface area contributed by atoms with Crippen LogP contribution in [0.2, 0.25) is 0 Å². The first-order valence-corrected chi connectivity index (χ1v) is 3.89. The maximum absolute atomic E-state index is 10.9. The van der Waals surface area contributed by atoms with E-state index in [1.54, 1.807) is 4.90 Å². The Bertz CT molecular complexity index is 108. The van der Waals surface area contributed by atoms with Crippen LogP contribution in [0, 0.1) is 0 Å². The van der Waals surface area contributed by atoms with E-state index in [9.17, 15) is 4.79 Å². The van der Waals surface area contributed by atoms with Crippen LogP contribution in [-0.4, -0.2) is 41.4 Å². The second-order valence-electron chi connectivity index (χ2n) is 1.86. The molecule has 0 saturated carbocycles. The van der Waals surface area contributed by atoms with E-state index in [1.807, 2.05) is 6.92 Å². The van der Waals surface area contributed by atoms with E-state index >= 15 is 0 Å². The topological polar surface area (TPSA) is 40.5 Å². The van der Waals surface area contributed by atoms with E-state index in [4.69, 9.17) is 5.11 Å². The number of carbonyl (C=O) groups excluding carboxylic acids is 1. The molecule has 3 nitrogen and oxygen atoms in total. The van der Waals surface area contributed by atoms with E-state index in [1.165, 1.54) is 0 Å². The van der Waals surface area contributed by atoms with Crippen molar-refractivity contribution in [2.24, 2.45) is 0 Å². The molecule has 0 aromatic heterocycles. The van der Waals surface area contributed by atoms with Gasteiger partial charge in [-0.2, -0.15) is 12.6 Å². The highest BCUT2D eigenvalue weighted by Crippen LogP contribution is 1.89. The number of rotatable bonds is 4. The van der Waals surface area contributed by atoms with E-state index in [0.717, 1.165) is 0 Å². The van der Waals surface area contributed by atoms with Gasteiger partial charge in [-0.25, -0.2) is 0 Å². The van der Waals surface area contributed by atoms with Crippen LogP contribution < -0.4 is 0 Å². The van der Waals surface area contributed by atoms with Gasteiger partial charge in [-0.1, -0.05) is 0 Å². The van der Waals surface area contributed by atoms with Gasteiger partial charge in [-0.05, 0) is 6.92 Å². The second kappa shape index (κ2) is 5.56. The van der Waals surface area contributed by atoms with Crippen LogP contribution in [0.5, 0.6) is 0 Å². The summed E-state index contributed by atoms with van der Waals surface area (Å²) in [7, 11) is 0. The summed E-state index contributed by atoms with van der Waals surface area (Å²) >= 11 is 3.83. The Morgan fingerprint density at radius 2 is 2.30 bits per heavy atom. The summed E-state index contributed by atoms with van der Waals surface area (Å²) in [5.74, 6) is 0.188. The molecule has 60 valence electrons. The van der Waals surface area contributed by atoms with Crippen molar-refractivity contribution in [2.45, 2.75) is 6.92 Å². The van der Waals surface area contributed by atoms with E-state index in [0.29, 0.717) is 13.1 Å². The summed E-state index contributed by atoms with van der Waals surface area (Å²) in [4.78, 5) is 12.4. The Morgan fingerprint density at radius 3 is 2.60 bits per heavy atom. The fourth-order valence-electron chi connectivity index (χ4n) is 0.680. The summed E-state index contributed by atoms with van der Waals surface area (Å²) in [6.45, 7) is 2.94. The van der Waals surface area contributed by atoms with Gasteiger partial charge < -0.3 is 10.0 Å². The Hall–Kier alpha value is -0.220. The van der Waals surface area contributed by atoms with Crippen molar-refractivity contribution in [3.05, 3.63) is 0 Å². The number of thiol groups is 1. The molecule has 10 heavy (non-hydrogen) atoms. The number of amides is 1. The zero-order valence-electron chi connectivity index (χ0n) is 6.08. The third kappa shape index (κ3) is 3.08. The zero-order chi connectivity index (χ0) is 7.98. The lowest BCUT2D eigenvalue weighted by Crippen LogP contribution is -2.34. The monoisotopic (exact) mass is 163 g/mol. The summed E-state index contributed by atoms with van der Waals surface area (Å²) in [6.07, 6.45) is 0. The SMILES string of the molecule is CCN(CCO)C(=O)CS. The standard InChI is InChI=1S/C6H13NO2S/c1-2-7(3-4-8)6(9)5-10/h8,10H,2-5H2,1H3. The van der Waals surface area contributed by atoms with Gasteiger partial charge in [0.25, 0.3) is 0 Å². The summed E-state index contributed by atoms with van der Waals surface area (Å²) in [5.41, 5.74) is 0. The van der Waals surface area contributed by atoms with Gasteiger partial charge in [-0.15, -0.1) is 0 Å². The Labute approximate surface area is 66.4 Å². The van der Waals surface area contributed by atoms with Gasteiger partial charge in [0.05, 0.1) is 12.4 Å². The lowest BCUT2D eigenvalue weighted by atomic mass is 10.5. The molecule has 0 bridgehead atoms. The minimum Gasteiger partial charge on any atom is -0.395 e. The second-order valence-corrected chi connectivity index (χ2v) is 2.17.